The van der Waals surface area contributed by atoms with Crippen molar-refractivity contribution < 1.29 is 4.42 Å². The highest BCUT2D eigenvalue weighted by Crippen LogP contribution is 2.15. The summed E-state index contributed by atoms with van der Waals surface area (Å²) in [5, 5.41) is 4.02. The van der Waals surface area contributed by atoms with E-state index in [9.17, 15) is 4.79 Å². The summed E-state index contributed by atoms with van der Waals surface area (Å²) >= 11 is 2.05. The first-order valence-corrected chi connectivity index (χ1v) is 6.31. The molecule has 0 amide bonds. The second kappa shape index (κ2) is 4.99. The van der Waals surface area contributed by atoms with Crippen LogP contribution >= 0.6 is 22.6 Å². The van der Waals surface area contributed by atoms with Gasteiger partial charge in [0.1, 0.15) is 12.3 Å². The molecule has 2 aromatic rings. The number of rotatable bonds is 3. The Bertz CT molecular complexity index is 574. The van der Waals surface area contributed by atoms with Crippen LogP contribution in [0.15, 0.2) is 27.7 Å². The van der Waals surface area contributed by atoms with Crippen molar-refractivity contribution in [1.29, 1.82) is 0 Å². The Balaban J connectivity index is 2.22. The Labute approximate surface area is 112 Å². The molecule has 0 N–H and O–H groups in total. The summed E-state index contributed by atoms with van der Waals surface area (Å²) in [6.07, 6.45) is 3.33. The molecule has 0 radical (unpaired) electrons. The van der Waals surface area contributed by atoms with Crippen molar-refractivity contribution in [3.05, 3.63) is 44.0 Å². The molecular formula is C11H12IN3O2. The van der Waals surface area contributed by atoms with Crippen LogP contribution in [0.3, 0.4) is 0 Å². The van der Waals surface area contributed by atoms with E-state index in [1.54, 1.807) is 12.4 Å². The molecule has 2 heterocycles. The summed E-state index contributed by atoms with van der Waals surface area (Å²) in [5.74, 6) is 1.61. The Kier molecular flexibility index (Phi) is 3.60. The molecule has 0 spiro atoms. The van der Waals surface area contributed by atoms with E-state index in [4.69, 9.17) is 4.42 Å². The lowest BCUT2D eigenvalue weighted by Crippen LogP contribution is -2.22. The van der Waals surface area contributed by atoms with E-state index < -0.39 is 0 Å². The minimum atomic E-state index is -0.152. The van der Waals surface area contributed by atoms with Crippen molar-refractivity contribution in [3.8, 4) is 0 Å². The third-order valence-corrected chi connectivity index (χ3v) is 2.85. The number of hydrogen-bond acceptors (Lipinski definition) is 4. The average molecular weight is 345 g/mol. The molecule has 0 aliphatic rings. The molecule has 2 rings (SSSR count). The highest BCUT2D eigenvalue weighted by molar-refractivity contribution is 14.1. The molecular weight excluding hydrogens is 333 g/mol. The van der Waals surface area contributed by atoms with Crippen LogP contribution < -0.4 is 5.56 Å². The molecule has 0 unspecified atom stereocenters. The molecule has 0 atom stereocenters. The maximum Gasteiger partial charge on any atom is 0.268 e. The second-order valence-corrected chi connectivity index (χ2v) is 5.23. The molecule has 0 aromatic carbocycles. The van der Waals surface area contributed by atoms with E-state index in [0.29, 0.717) is 5.89 Å². The van der Waals surface area contributed by atoms with Gasteiger partial charge in [0.25, 0.3) is 5.56 Å². The zero-order valence-corrected chi connectivity index (χ0v) is 11.7. The minimum absolute atomic E-state index is 0.152. The second-order valence-electron chi connectivity index (χ2n) is 3.98. The third kappa shape index (κ3) is 2.93. The quantitative estimate of drug-likeness (QED) is 0.799. The highest BCUT2D eigenvalue weighted by Gasteiger charge is 2.09. The number of nitrogens with zero attached hydrogens (tertiary/aromatic N) is 3. The molecule has 5 nitrogen and oxygen atoms in total. The van der Waals surface area contributed by atoms with Crippen LogP contribution in [0, 0.1) is 3.57 Å². The summed E-state index contributed by atoms with van der Waals surface area (Å²) in [6.45, 7) is 4.32. The summed E-state index contributed by atoms with van der Waals surface area (Å²) in [7, 11) is 0. The Morgan fingerprint density at radius 2 is 2.24 bits per heavy atom. The first-order valence-electron chi connectivity index (χ1n) is 5.23. The molecule has 0 saturated heterocycles. The van der Waals surface area contributed by atoms with Crippen LogP contribution in [-0.2, 0) is 6.54 Å². The zero-order chi connectivity index (χ0) is 12.4. The van der Waals surface area contributed by atoms with Crippen molar-refractivity contribution in [2.24, 2.45) is 0 Å². The lowest BCUT2D eigenvalue weighted by atomic mass is 10.2. The van der Waals surface area contributed by atoms with Gasteiger partial charge in [0.2, 0.25) is 5.89 Å². The van der Waals surface area contributed by atoms with Gasteiger partial charge in [-0.1, -0.05) is 13.8 Å². The molecule has 90 valence electrons. The van der Waals surface area contributed by atoms with Crippen LogP contribution in [0.25, 0.3) is 0 Å². The smallest absolute Gasteiger partial charge is 0.268 e. The van der Waals surface area contributed by atoms with Crippen LogP contribution in [0.4, 0.5) is 0 Å². The van der Waals surface area contributed by atoms with Gasteiger partial charge in [0.15, 0.2) is 0 Å². The van der Waals surface area contributed by atoms with Crippen molar-refractivity contribution in [2.45, 2.75) is 26.3 Å². The van der Waals surface area contributed by atoms with E-state index in [1.807, 2.05) is 13.8 Å². The summed E-state index contributed by atoms with van der Waals surface area (Å²) in [5.41, 5.74) is -0.152. The first-order chi connectivity index (χ1) is 8.06. The van der Waals surface area contributed by atoms with Gasteiger partial charge < -0.3 is 4.42 Å². The number of aromatic nitrogens is 3. The number of halogens is 1. The van der Waals surface area contributed by atoms with Gasteiger partial charge in [-0.15, -0.1) is 0 Å². The molecule has 0 aliphatic heterocycles. The fourth-order valence-electron chi connectivity index (χ4n) is 1.32. The zero-order valence-electron chi connectivity index (χ0n) is 9.55. The van der Waals surface area contributed by atoms with Gasteiger partial charge in [-0.2, -0.15) is 5.10 Å². The molecule has 0 aliphatic carbocycles. The Morgan fingerprint density at radius 3 is 2.82 bits per heavy atom. The van der Waals surface area contributed by atoms with Gasteiger partial charge >= 0.3 is 0 Å². The van der Waals surface area contributed by atoms with Crippen molar-refractivity contribution >= 4 is 22.6 Å². The minimum Gasteiger partial charge on any atom is -0.443 e. The predicted octanol–water partition coefficient (Wildman–Crippen LogP) is 2.01. The first kappa shape index (κ1) is 12.3. The number of oxazole rings is 1. The molecule has 0 bridgehead atoms. The molecule has 0 fully saturated rings. The van der Waals surface area contributed by atoms with Crippen molar-refractivity contribution in [2.75, 3.05) is 0 Å². The third-order valence-electron chi connectivity index (χ3n) is 2.26. The standard InChI is InChI=1S/C11H12IN3O2/c1-7(2)9-5-13-10(17-9)6-15-11(16)3-8(12)4-14-15/h3-5,7H,6H2,1-2H3. The number of hydrogen-bond donors (Lipinski definition) is 0. The van der Waals surface area contributed by atoms with E-state index in [1.165, 1.54) is 10.7 Å². The van der Waals surface area contributed by atoms with Gasteiger partial charge in [-0.05, 0) is 22.6 Å². The van der Waals surface area contributed by atoms with E-state index in [2.05, 4.69) is 32.7 Å². The van der Waals surface area contributed by atoms with Crippen LogP contribution in [0.1, 0.15) is 31.4 Å². The normalized spacial score (nSPS) is 11.1. The SMILES string of the molecule is CC(C)c1cnc(Cn2ncc(I)cc2=O)o1. The largest absolute Gasteiger partial charge is 0.443 e. The van der Waals surface area contributed by atoms with Crippen LogP contribution in [-0.4, -0.2) is 14.8 Å². The topological polar surface area (TPSA) is 60.9 Å². The van der Waals surface area contributed by atoms with E-state index in [-0.39, 0.29) is 18.0 Å². The van der Waals surface area contributed by atoms with E-state index >= 15 is 0 Å². The lowest BCUT2D eigenvalue weighted by Gasteiger charge is -2.01. The lowest BCUT2D eigenvalue weighted by molar-refractivity contribution is 0.415. The van der Waals surface area contributed by atoms with Crippen LogP contribution in [0.5, 0.6) is 0 Å². The molecule has 17 heavy (non-hydrogen) atoms. The summed E-state index contributed by atoms with van der Waals surface area (Å²) < 4.78 is 7.67. The molecule has 6 heteroatoms. The van der Waals surface area contributed by atoms with E-state index in [0.717, 1.165) is 9.33 Å². The Morgan fingerprint density at radius 1 is 1.47 bits per heavy atom. The van der Waals surface area contributed by atoms with Gasteiger partial charge in [-0.3, -0.25) is 4.79 Å². The fraction of sp³-hybridized carbons (Fsp3) is 0.364. The predicted molar refractivity (Wildman–Crippen MR) is 70.9 cm³/mol. The highest BCUT2D eigenvalue weighted by atomic mass is 127. The van der Waals surface area contributed by atoms with Gasteiger partial charge in [0.05, 0.1) is 12.4 Å². The van der Waals surface area contributed by atoms with Crippen LogP contribution in [0.2, 0.25) is 0 Å². The van der Waals surface area contributed by atoms with Gasteiger partial charge in [-0.25, -0.2) is 9.67 Å². The molecule has 2 aromatic heterocycles. The summed E-state index contributed by atoms with van der Waals surface area (Å²) in [4.78, 5) is 15.7. The maximum atomic E-state index is 11.6. The fourth-order valence-corrected chi connectivity index (χ4v) is 1.71. The Hall–Kier alpha value is -1.18. The van der Waals surface area contributed by atoms with Crippen molar-refractivity contribution in [1.82, 2.24) is 14.8 Å². The average Bonchev–Trinajstić information content (AvgIpc) is 2.71. The maximum absolute atomic E-state index is 11.6. The molecule has 0 saturated carbocycles. The van der Waals surface area contributed by atoms with Gasteiger partial charge in [0, 0.05) is 15.6 Å². The van der Waals surface area contributed by atoms with Crippen molar-refractivity contribution in [3.63, 3.8) is 0 Å². The monoisotopic (exact) mass is 345 g/mol. The summed E-state index contributed by atoms with van der Waals surface area (Å²) in [6, 6.07) is 1.53.